The van der Waals surface area contributed by atoms with Crippen molar-refractivity contribution in [1.82, 2.24) is 20.2 Å². The zero-order chi connectivity index (χ0) is 9.84. The van der Waals surface area contributed by atoms with E-state index in [0.29, 0.717) is 6.42 Å². The normalized spacial score (nSPS) is 11.0. The first-order valence-electron chi connectivity index (χ1n) is 3.89. The second-order valence-corrected chi connectivity index (χ2v) is 2.96. The molecule has 0 fully saturated rings. The van der Waals surface area contributed by atoms with Crippen LogP contribution in [-0.4, -0.2) is 31.3 Å². The average molecular weight is 248 g/mol. The standard InChI is InChI=1S/C6H10N4O2S.2Na/c1-2-3-4(5(11)12)10-6(13)7-8-9-10;;/h4H,2-3H2,1H3,(H,11,12)(H,7,9,13);;/q;2*+1. The Balaban J connectivity index is 0. The molecule has 0 amide bonds. The van der Waals surface area contributed by atoms with Gasteiger partial charge in [0.05, 0.1) is 0 Å². The van der Waals surface area contributed by atoms with Crippen LogP contribution in [0.5, 0.6) is 0 Å². The monoisotopic (exact) mass is 248 g/mol. The number of aromatic amines is 1. The fourth-order valence-corrected chi connectivity index (χ4v) is 1.25. The minimum Gasteiger partial charge on any atom is -0.480 e. The molecule has 1 rings (SSSR count). The zero-order valence-electron chi connectivity index (χ0n) is 9.10. The van der Waals surface area contributed by atoms with Gasteiger partial charge in [0.1, 0.15) is 0 Å². The maximum atomic E-state index is 10.8. The van der Waals surface area contributed by atoms with E-state index < -0.39 is 12.0 Å². The van der Waals surface area contributed by atoms with Crippen LogP contribution >= 0.6 is 12.2 Å². The summed E-state index contributed by atoms with van der Waals surface area (Å²) >= 11 is 4.79. The van der Waals surface area contributed by atoms with E-state index in [1.165, 1.54) is 4.68 Å². The molecule has 6 nitrogen and oxygen atoms in total. The number of H-pyrrole nitrogens is 1. The number of rotatable bonds is 4. The smallest absolute Gasteiger partial charge is 0.480 e. The maximum absolute atomic E-state index is 10.8. The van der Waals surface area contributed by atoms with Gasteiger partial charge in [-0.2, -0.15) is 5.21 Å². The molecule has 2 N–H and O–H groups in total. The molecule has 0 spiro atoms. The van der Waals surface area contributed by atoms with Crippen molar-refractivity contribution in [3.05, 3.63) is 4.77 Å². The molecule has 0 bridgehead atoms. The number of tetrazole rings is 1. The number of aromatic nitrogens is 4. The van der Waals surface area contributed by atoms with Gasteiger partial charge in [0, 0.05) is 0 Å². The van der Waals surface area contributed by atoms with E-state index in [-0.39, 0.29) is 63.9 Å². The topological polar surface area (TPSA) is 83.8 Å². The van der Waals surface area contributed by atoms with E-state index in [1.54, 1.807) is 0 Å². The van der Waals surface area contributed by atoms with E-state index in [0.717, 1.165) is 6.42 Å². The molecule has 0 saturated heterocycles. The first-order chi connectivity index (χ1) is 6.16. The van der Waals surface area contributed by atoms with E-state index in [1.807, 2.05) is 6.92 Å². The van der Waals surface area contributed by atoms with Gasteiger partial charge in [-0.05, 0) is 18.6 Å². The molecule has 0 aliphatic carbocycles. The molecule has 1 aromatic heterocycles. The molecule has 15 heavy (non-hydrogen) atoms. The van der Waals surface area contributed by atoms with Gasteiger partial charge in [-0.25, -0.2) is 9.48 Å². The summed E-state index contributed by atoms with van der Waals surface area (Å²) in [5.41, 5.74) is 0. The van der Waals surface area contributed by atoms with Crippen molar-refractivity contribution in [2.75, 3.05) is 0 Å². The number of carboxylic acid groups (broad SMARTS) is 1. The van der Waals surface area contributed by atoms with Crippen LogP contribution < -0.4 is 59.1 Å². The second-order valence-electron chi connectivity index (χ2n) is 2.60. The third kappa shape index (κ3) is 5.08. The van der Waals surface area contributed by atoms with Gasteiger partial charge >= 0.3 is 65.1 Å². The van der Waals surface area contributed by atoms with Crippen LogP contribution in [0.1, 0.15) is 25.8 Å². The minimum absolute atomic E-state index is 0. The first kappa shape index (κ1) is 18.1. The predicted molar refractivity (Wildman–Crippen MR) is 46.8 cm³/mol. The Bertz CT molecular complexity index is 353. The van der Waals surface area contributed by atoms with Gasteiger partial charge < -0.3 is 5.11 Å². The number of nitrogens with one attached hydrogen (secondary N) is 1. The summed E-state index contributed by atoms with van der Waals surface area (Å²) in [6.07, 6.45) is 1.27. The Kier molecular flexibility index (Phi) is 10.7. The number of hydrogen-bond donors (Lipinski definition) is 2. The minimum atomic E-state index is -0.927. The molecule has 1 heterocycles. The van der Waals surface area contributed by atoms with Crippen molar-refractivity contribution in [1.29, 1.82) is 0 Å². The quantitative estimate of drug-likeness (QED) is 0.411. The molecule has 0 radical (unpaired) electrons. The molecule has 0 aliphatic heterocycles. The van der Waals surface area contributed by atoms with E-state index >= 15 is 0 Å². The molecule has 0 saturated carbocycles. The Morgan fingerprint density at radius 1 is 1.67 bits per heavy atom. The summed E-state index contributed by atoms with van der Waals surface area (Å²) in [5, 5.41) is 18.2. The molecule has 9 heteroatoms. The van der Waals surface area contributed by atoms with E-state index in [4.69, 9.17) is 17.3 Å². The SMILES string of the molecule is CCCC(C(=O)O)n1[nH]nnc1=S.[Na+].[Na+]. The van der Waals surface area contributed by atoms with Gasteiger partial charge in [0.2, 0.25) is 4.77 Å². The zero-order valence-corrected chi connectivity index (χ0v) is 13.9. The predicted octanol–water partition coefficient (Wildman–Crippen LogP) is -5.23. The Labute approximate surface area is 136 Å². The van der Waals surface area contributed by atoms with Crippen molar-refractivity contribution in [3.8, 4) is 0 Å². The van der Waals surface area contributed by atoms with Crippen LogP contribution in [0.15, 0.2) is 0 Å². The van der Waals surface area contributed by atoms with Crippen LogP contribution in [0, 0.1) is 4.77 Å². The van der Waals surface area contributed by atoms with Crippen molar-refractivity contribution < 1.29 is 69.0 Å². The van der Waals surface area contributed by atoms with Crippen molar-refractivity contribution in [2.24, 2.45) is 0 Å². The van der Waals surface area contributed by atoms with Crippen molar-refractivity contribution >= 4 is 18.2 Å². The summed E-state index contributed by atoms with van der Waals surface area (Å²) in [7, 11) is 0. The van der Waals surface area contributed by atoms with Crippen LogP contribution in [-0.2, 0) is 4.79 Å². The van der Waals surface area contributed by atoms with Gasteiger partial charge in [0.15, 0.2) is 6.04 Å². The number of hydrogen-bond acceptors (Lipinski definition) is 4. The van der Waals surface area contributed by atoms with E-state index in [2.05, 4.69) is 15.5 Å². The van der Waals surface area contributed by atoms with E-state index in [9.17, 15) is 4.79 Å². The number of carboxylic acids is 1. The molecule has 0 aliphatic rings. The van der Waals surface area contributed by atoms with Crippen molar-refractivity contribution in [3.63, 3.8) is 0 Å². The summed E-state index contributed by atoms with van der Waals surface area (Å²) in [6, 6.07) is -0.688. The number of nitrogens with zero attached hydrogens (tertiary/aromatic N) is 3. The molecule has 1 unspecified atom stereocenters. The maximum Gasteiger partial charge on any atom is 1.00 e. The van der Waals surface area contributed by atoms with Crippen LogP contribution in [0.4, 0.5) is 0 Å². The molecule has 1 atom stereocenters. The summed E-state index contributed by atoms with van der Waals surface area (Å²) in [4.78, 5) is 10.8. The number of aliphatic carboxylic acids is 1. The van der Waals surface area contributed by atoms with Crippen molar-refractivity contribution in [2.45, 2.75) is 25.8 Å². The van der Waals surface area contributed by atoms with Crippen LogP contribution in [0.3, 0.4) is 0 Å². The third-order valence-corrected chi connectivity index (χ3v) is 1.93. The van der Waals surface area contributed by atoms with Crippen LogP contribution in [0.25, 0.3) is 0 Å². The molecule has 1 aromatic rings. The molecule has 72 valence electrons. The Morgan fingerprint density at radius 3 is 2.60 bits per heavy atom. The summed E-state index contributed by atoms with van der Waals surface area (Å²) in [6.45, 7) is 1.91. The first-order valence-corrected chi connectivity index (χ1v) is 4.30. The third-order valence-electron chi connectivity index (χ3n) is 1.65. The van der Waals surface area contributed by atoms with Gasteiger partial charge in [-0.1, -0.05) is 23.7 Å². The second kappa shape index (κ2) is 8.86. The molecular formula is C6H10N4Na2O2S+2. The summed E-state index contributed by atoms with van der Waals surface area (Å²) in [5.74, 6) is -0.927. The fourth-order valence-electron chi connectivity index (χ4n) is 1.04. The molecule has 0 aromatic carbocycles. The van der Waals surface area contributed by atoms with Crippen LogP contribution in [0.2, 0.25) is 0 Å². The van der Waals surface area contributed by atoms with Gasteiger partial charge in [-0.3, -0.25) is 0 Å². The Morgan fingerprint density at radius 2 is 2.27 bits per heavy atom. The average Bonchev–Trinajstić information content (AvgIpc) is 2.47. The van der Waals surface area contributed by atoms with Gasteiger partial charge in [-0.15, -0.1) is 0 Å². The van der Waals surface area contributed by atoms with Gasteiger partial charge in [0.25, 0.3) is 0 Å². The largest absolute Gasteiger partial charge is 1.00 e. The molecular weight excluding hydrogens is 238 g/mol. The fraction of sp³-hybridized carbons (Fsp3) is 0.667. The summed E-state index contributed by atoms with van der Waals surface area (Å²) < 4.78 is 1.45. The number of carbonyl (C=O) groups is 1. The Hall–Kier alpha value is 0.760.